The summed E-state index contributed by atoms with van der Waals surface area (Å²) in [6, 6.07) is 3.17. The minimum atomic E-state index is -4.46. The van der Waals surface area contributed by atoms with E-state index in [0.29, 0.717) is 18.8 Å². The molecule has 0 heterocycles. The van der Waals surface area contributed by atoms with Gasteiger partial charge in [0.25, 0.3) is 5.91 Å². The first-order valence-corrected chi connectivity index (χ1v) is 6.53. The molecule has 6 heteroatoms. The summed E-state index contributed by atoms with van der Waals surface area (Å²) >= 11 is 0. The second kappa shape index (κ2) is 6.63. The largest absolute Gasteiger partial charge is 0.416 e. The molecule has 1 aromatic carbocycles. The third-order valence-electron chi connectivity index (χ3n) is 3.01. The molecule has 0 aliphatic rings. The molecule has 20 heavy (non-hydrogen) atoms. The van der Waals surface area contributed by atoms with Crippen molar-refractivity contribution in [3.05, 3.63) is 29.3 Å². The Bertz CT molecular complexity index is 472. The van der Waals surface area contributed by atoms with Crippen molar-refractivity contribution in [3.8, 4) is 0 Å². The van der Waals surface area contributed by atoms with Crippen molar-refractivity contribution >= 4 is 11.6 Å². The number of nitrogens with zero attached hydrogens (tertiary/aromatic N) is 1. The van der Waals surface area contributed by atoms with Gasteiger partial charge in [-0.2, -0.15) is 13.2 Å². The molecule has 0 fully saturated rings. The number of halogens is 3. The summed E-state index contributed by atoms with van der Waals surface area (Å²) < 4.78 is 38.3. The summed E-state index contributed by atoms with van der Waals surface area (Å²) in [6.45, 7) is 4.71. The minimum Gasteiger partial charge on any atom is -0.387 e. The maximum atomic E-state index is 12.8. The van der Waals surface area contributed by atoms with E-state index in [-0.39, 0.29) is 11.5 Å². The Hall–Kier alpha value is -1.72. The fourth-order valence-corrected chi connectivity index (χ4v) is 1.96. The van der Waals surface area contributed by atoms with Gasteiger partial charge in [-0.3, -0.25) is 4.79 Å². The Morgan fingerprint density at radius 1 is 1.30 bits per heavy atom. The van der Waals surface area contributed by atoms with Crippen LogP contribution in [0, 0.1) is 0 Å². The first kappa shape index (κ1) is 16.3. The molecule has 0 aromatic heterocycles. The molecule has 0 saturated carbocycles. The van der Waals surface area contributed by atoms with Gasteiger partial charge in [0.2, 0.25) is 0 Å². The molecule has 3 nitrogen and oxygen atoms in total. The number of amides is 1. The quantitative estimate of drug-likeness (QED) is 0.897. The van der Waals surface area contributed by atoms with Crippen LogP contribution in [-0.4, -0.2) is 30.9 Å². The van der Waals surface area contributed by atoms with Gasteiger partial charge in [0.05, 0.1) is 11.1 Å². The fourth-order valence-electron chi connectivity index (χ4n) is 1.96. The first-order valence-electron chi connectivity index (χ1n) is 6.53. The smallest absolute Gasteiger partial charge is 0.387 e. The summed E-state index contributed by atoms with van der Waals surface area (Å²) in [5, 5.41) is 2.76. The molecule has 1 N–H and O–H groups in total. The number of carbonyl (C=O) groups is 1. The average molecular weight is 288 g/mol. The average Bonchev–Trinajstić information content (AvgIpc) is 2.42. The summed E-state index contributed by atoms with van der Waals surface area (Å²) in [6.07, 6.45) is -3.70. The third kappa shape index (κ3) is 3.65. The molecule has 0 bridgehead atoms. The molecular weight excluding hydrogens is 269 g/mol. The van der Waals surface area contributed by atoms with E-state index in [1.165, 1.54) is 11.0 Å². The zero-order chi connectivity index (χ0) is 15.3. The van der Waals surface area contributed by atoms with E-state index < -0.39 is 11.7 Å². The molecule has 112 valence electrons. The Morgan fingerprint density at radius 3 is 2.40 bits per heavy atom. The molecule has 1 aromatic rings. The van der Waals surface area contributed by atoms with E-state index in [9.17, 15) is 18.0 Å². The lowest BCUT2D eigenvalue weighted by Crippen LogP contribution is -2.32. The lowest BCUT2D eigenvalue weighted by atomic mass is 10.1. The Morgan fingerprint density at radius 2 is 1.95 bits per heavy atom. The van der Waals surface area contributed by atoms with Crippen LogP contribution < -0.4 is 5.32 Å². The van der Waals surface area contributed by atoms with E-state index in [1.807, 2.05) is 6.92 Å². The fraction of sp³-hybridized carbons (Fsp3) is 0.500. The number of anilines is 1. The van der Waals surface area contributed by atoms with E-state index in [1.54, 1.807) is 14.0 Å². The predicted molar refractivity (Wildman–Crippen MR) is 72.9 cm³/mol. The lowest BCUT2D eigenvalue weighted by molar-refractivity contribution is -0.137. The van der Waals surface area contributed by atoms with Crippen LogP contribution in [0.3, 0.4) is 0 Å². The van der Waals surface area contributed by atoms with Gasteiger partial charge >= 0.3 is 6.18 Å². The maximum Gasteiger partial charge on any atom is 0.416 e. The van der Waals surface area contributed by atoms with Crippen molar-refractivity contribution < 1.29 is 18.0 Å². The molecular formula is C14H19F3N2O. The van der Waals surface area contributed by atoms with Crippen molar-refractivity contribution in [2.45, 2.75) is 26.4 Å². The van der Waals surface area contributed by atoms with Crippen molar-refractivity contribution in [1.82, 2.24) is 4.90 Å². The Kier molecular flexibility index (Phi) is 5.42. The first-order chi connectivity index (χ1) is 9.35. The second-order valence-electron chi connectivity index (χ2n) is 4.39. The highest BCUT2D eigenvalue weighted by Gasteiger charge is 2.32. The molecule has 1 amide bonds. The van der Waals surface area contributed by atoms with Crippen LogP contribution >= 0.6 is 0 Å². The molecule has 0 saturated heterocycles. The van der Waals surface area contributed by atoms with Crippen molar-refractivity contribution in [2.24, 2.45) is 0 Å². The molecule has 0 aliphatic heterocycles. The molecule has 0 atom stereocenters. The molecule has 0 aliphatic carbocycles. The van der Waals surface area contributed by atoms with Crippen molar-refractivity contribution in [3.63, 3.8) is 0 Å². The summed E-state index contributed by atoms with van der Waals surface area (Å²) in [5.74, 6) is -0.384. The van der Waals surface area contributed by atoms with Crippen LogP contribution in [-0.2, 0) is 6.18 Å². The zero-order valence-electron chi connectivity index (χ0n) is 11.8. The van der Waals surface area contributed by atoms with Crippen molar-refractivity contribution in [2.75, 3.05) is 25.5 Å². The Balaban J connectivity index is 3.23. The van der Waals surface area contributed by atoms with Crippen LogP contribution in [0.25, 0.3) is 0 Å². The number of benzene rings is 1. The van der Waals surface area contributed by atoms with E-state index in [2.05, 4.69) is 5.32 Å². The van der Waals surface area contributed by atoms with Gasteiger partial charge in [0.1, 0.15) is 0 Å². The minimum absolute atomic E-state index is 0.0534. The highest BCUT2D eigenvalue weighted by Crippen LogP contribution is 2.32. The number of rotatable bonds is 5. The normalized spacial score (nSPS) is 11.3. The number of hydrogen-bond donors (Lipinski definition) is 1. The molecule has 1 rings (SSSR count). The van der Waals surface area contributed by atoms with Crippen LogP contribution in [0.2, 0.25) is 0 Å². The summed E-state index contributed by atoms with van der Waals surface area (Å²) in [5.41, 5.74) is -0.359. The lowest BCUT2D eigenvalue weighted by Gasteiger charge is -2.22. The third-order valence-corrected chi connectivity index (χ3v) is 3.01. The highest BCUT2D eigenvalue weighted by molar-refractivity contribution is 5.99. The van der Waals surface area contributed by atoms with Gasteiger partial charge in [-0.15, -0.1) is 0 Å². The molecule has 0 unspecified atom stereocenters. The van der Waals surface area contributed by atoms with Crippen LogP contribution in [0.15, 0.2) is 18.2 Å². The predicted octanol–water partition coefficient (Wildman–Crippen LogP) is 3.62. The zero-order valence-corrected chi connectivity index (χ0v) is 11.8. The number of nitrogens with one attached hydrogen (secondary N) is 1. The monoisotopic (exact) mass is 288 g/mol. The van der Waals surface area contributed by atoms with Crippen LogP contribution in [0.1, 0.15) is 36.2 Å². The summed E-state index contributed by atoms with van der Waals surface area (Å²) in [7, 11) is 1.58. The van der Waals surface area contributed by atoms with Crippen molar-refractivity contribution in [1.29, 1.82) is 0 Å². The molecule has 0 radical (unpaired) electrons. The Labute approximate surface area is 116 Å². The van der Waals surface area contributed by atoms with E-state index in [0.717, 1.165) is 18.6 Å². The van der Waals surface area contributed by atoms with E-state index >= 15 is 0 Å². The van der Waals surface area contributed by atoms with Gasteiger partial charge in [0.15, 0.2) is 0 Å². The number of alkyl halides is 3. The highest BCUT2D eigenvalue weighted by atomic mass is 19.4. The number of hydrogen-bond acceptors (Lipinski definition) is 2. The standard InChI is InChI=1S/C14H19F3N2O/c1-4-8-19(5-2)13(20)11-9-10(14(15,16)17)6-7-12(11)18-3/h6-7,9,18H,4-5,8H2,1-3H3. The molecule has 0 spiro atoms. The SMILES string of the molecule is CCCN(CC)C(=O)c1cc(C(F)(F)F)ccc1NC. The van der Waals surface area contributed by atoms with Gasteiger partial charge in [-0.25, -0.2) is 0 Å². The van der Waals surface area contributed by atoms with E-state index in [4.69, 9.17) is 0 Å². The van der Waals surface area contributed by atoms with Gasteiger partial charge in [-0.05, 0) is 31.5 Å². The number of carbonyl (C=O) groups excluding carboxylic acids is 1. The van der Waals surface area contributed by atoms with Gasteiger partial charge in [-0.1, -0.05) is 6.92 Å². The van der Waals surface area contributed by atoms with Gasteiger partial charge in [0, 0.05) is 25.8 Å². The van der Waals surface area contributed by atoms with Crippen LogP contribution in [0.5, 0.6) is 0 Å². The van der Waals surface area contributed by atoms with Crippen LogP contribution in [0.4, 0.5) is 18.9 Å². The van der Waals surface area contributed by atoms with Gasteiger partial charge < -0.3 is 10.2 Å². The maximum absolute atomic E-state index is 12.8. The summed E-state index contributed by atoms with van der Waals surface area (Å²) in [4.78, 5) is 13.9. The second-order valence-corrected chi connectivity index (χ2v) is 4.39. The topological polar surface area (TPSA) is 32.3 Å².